The Hall–Kier alpha value is -2.69. The molecule has 1 fully saturated rings. The smallest absolute Gasteiger partial charge is 0.269 e. The van der Waals surface area contributed by atoms with Gasteiger partial charge in [-0.2, -0.15) is 4.31 Å². The molecule has 1 saturated heterocycles. The van der Waals surface area contributed by atoms with Crippen molar-refractivity contribution >= 4 is 15.7 Å². The first-order valence-corrected chi connectivity index (χ1v) is 10.6. The van der Waals surface area contributed by atoms with E-state index in [0.717, 1.165) is 5.56 Å². The molecule has 0 spiro atoms. The number of rotatable bonds is 7. The van der Waals surface area contributed by atoms with Crippen molar-refractivity contribution in [3.63, 3.8) is 0 Å². The number of methoxy groups -OCH3 is 2. The number of nitro groups is 1. The molecule has 1 heterocycles. The van der Waals surface area contributed by atoms with Crippen molar-refractivity contribution in [1.29, 1.82) is 0 Å². The topological polar surface area (TPSA) is 103 Å². The maximum atomic E-state index is 12.8. The zero-order chi connectivity index (χ0) is 21.0. The lowest BCUT2D eigenvalue weighted by molar-refractivity contribution is -0.917. The summed E-state index contributed by atoms with van der Waals surface area (Å²) in [5.41, 5.74) is 0.874. The molecule has 0 aliphatic carbocycles. The van der Waals surface area contributed by atoms with Crippen LogP contribution < -0.4 is 14.4 Å². The number of benzene rings is 2. The highest BCUT2D eigenvalue weighted by atomic mass is 32.2. The molecular formula is C19H24N3O6S+. The Bertz CT molecular complexity index is 970. The van der Waals surface area contributed by atoms with Gasteiger partial charge in [0.1, 0.15) is 6.54 Å². The van der Waals surface area contributed by atoms with Gasteiger partial charge in [0, 0.05) is 12.1 Å². The van der Waals surface area contributed by atoms with Crippen LogP contribution in [0.25, 0.3) is 0 Å². The van der Waals surface area contributed by atoms with Crippen LogP contribution >= 0.6 is 0 Å². The van der Waals surface area contributed by atoms with Crippen LogP contribution in [0.4, 0.5) is 5.69 Å². The summed E-state index contributed by atoms with van der Waals surface area (Å²) < 4.78 is 37.9. The summed E-state index contributed by atoms with van der Waals surface area (Å²) in [5.74, 6) is 1.37. The minimum atomic E-state index is -3.67. The molecule has 0 radical (unpaired) electrons. The van der Waals surface area contributed by atoms with Crippen molar-refractivity contribution in [3.8, 4) is 11.5 Å². The number of hydrogen-bond acceptors (Lipinski definition) is 6. The number of ether oxygens (including phenoxy) is 2. The SMILES string of the molecule is COc1cccc(C[NH+]2CCN(S(=O)(=O)c3ccc([N+](=O)[O-])cc3)CC2)c1OC. The summed E-state index contributed by atoms with van der Waals surface area (Å²) in [7, 11) is -0.475. The van der Waals surface area contributed by atoms with Gasteiger partial charge in [-0.3, -0.25) is 10.1 Å². The number of nitro benzene ring substituents is 1. The van der Waals surface area contributed by atoms with E-state index in [1.165, 1.54) is 33.5 Å². The molecule has 29 heavy (non-hydrogen) atoms. The monoisotopic (exact) mass is 422 g/mol. The van der Waals surface area contributed by atoms with Gasteiger partial charge in [0.25, 0.3) is 5.69 Å². The summed E-state index contributed by atoms with van der Waals surface area (Å²) in [6, 6.07) is 10.7. The van der Waals surface area contributed by atoms with Crippen LogP contribution in [0, 0.1) is 10.1 Å². The average molecular weight is 422 g/mol. The third-order valence-electron chi connectivity index (χ3n) is 5.04. The number of nitrogens with one attached hydrogen (secondary N) is 1. The van der Waals surface area contributed by atoms with Gasteiger partial charge in [0.2, 0.25) is 10.0 Å². The van der Waals surface area contributed by atoms with Crippen LogP contribution in [0.2, 0.25) is 0 Å². The minimum absolute atomic E-state index is 0.0704. The fourth-order valence-electron chi connectivity index (χ4n) is 3.47. The first-order valence-electron chi connectivity index (χ1n) is 9.15. The van der Waals surface area contributed by atoms with Crippen LogP contribution in [0.15, 0.2) is 47.4 Å². The number of piperazine rings is 1. The van der Waals surface area contributed by atoms with Gasteiger partial charge in [-0.05, 0) is 24.3 Å². The van der Waals surface area contributed by atoms with Gasteiger partial charge in [-0.1, -0.05) is 6.07 Å². The fourth-order valence-corrected chi connectivity index (χ4v) is 4.91. The van der Waals surface area contributed by atoms with Gasteiger partial charge >= 0.3 is 0 Å². The molecule has 2 aromatic carbocycles. The van der Waals surface area contributed by atoms with Crippen LogP contribution in [-0.2, 0) is 16.6 Å². The Morgan fingerprint density at radius 3 is 2.28 bits per heavy atom. The Morgan fingerprint density at radius 1 is 1.07 bits per heavy atom. The molecule has 0 saturated carbocycles. The molecular weight excluding hydrogens is 398 g/mol. The number of non-ortho nitro benzene ring substituents is 1. The third-order valence-corrected chi connectivity index (χ3v) is 6.95. The lowest BCUT2D eigenvalue weighted by atomic mass is 10.1. The van der Waals surface area contributed by atoms with E-state index in [0.29, 0.717) is 44.2 Å². The fraction of sp³-hybridized carbons (Fsp3) is 0.368. The van der Waals surface area contributed by atoms with Crippen LogP contribution in [-0.4, -0.2) is 58.0 Å². The Balaban J connectivity index is 1.66. The van der Waals surface area contributed by atoms with E-state index in [4.69, 9.17) is 9.47 Å². The van der Waals surface area contributed by atoms with Gasteiger partial charge < -0.3 is 14.4 Å². The van der Waals surface area contributed by atoms with Gasteiger partial charge in [0.05, 0.1) is 55.8 Å². The van der Waals surface area contributed by atoms with Crippen molar-refractivity contribution in [2.24, 2.45) is 0 Å². The normalized spacial score (nSPS) is 15.8. The summed E-state index contributed by atoms with van der Waals surface area (Å²) in [5, 5.41) is 10.8. The van der Waals surface area contributed by atoms with E-state index in [1.807, 2.05) is 18.2 Å². The molecule has 0 unspecified atom stereocenters. The quantitative estimate of drug-likeness (QED) is 0.521. The Morgan fingerprint density at radius 2 is 1.72 bits per heavy atom. The van der Waals surface area contributed by atoms with Crippen molar-refractivity contribution in [2.45, 2.75) is 11.4 Å². The highest BCUT2D eigenvalue weighted by Crippen LogP contribution is 2.30. The number of sulfonamides is 1. The summed E-state index contributed by atoms with van der Waals surface area (Å²) >= 11 is 0. The summed E-state index contributed by atoms with van der Waals surface area (Å²) in [6.07, 6.45) is 0. The van der Waals surface area contributed by atoms with Crippen molar-refractivity contribution in [2.75, 3.05) is 40.4 Å². The largest absolute Gasteiger partial charge is 0.493 e. The van der Waals surface area contributed by atoms with Crippen molar-refractivity contribution < 1.29 is 27.7 Å². The van der Waals surface area contributed by atoms with Crippen molar-refractivity contribution in [1.82, 2.24) is 4.31 Å². The molecule has 0 atom stereocenters. The minimum Gasteiger partial charge on any atom is -0.493 e. The third kappa shape index (κ3) is 4.50. The molecule has 1 aliphatic heterocycles. The second-order valence-electron chi connectivity index (χ2n) is 6.73. The molecule has 1 N–H and O–H groups in total. The Labute approximate surface area is 169 Å². The molecule has 1 aliphatic rings. The first kappa shape index (κ1) is 21.0. The lowest BCUT2D eigenvalue weighted by Gasteiger charge is -2.31. The second kappa shape index (κ2) is 8.76. The second-order valence-corrected chi connectivity index (χ2v) is 8.67. The molecule has 156 valence electrons. The predicted octanol–water partition coefficient (Wildman–Crippen LogP) is 0.701. The van der Waals surface area contributed by atoms with Crippen LogP contribution in [0.3, 0.4) is 0 Å². The summed E-state index contributed by atoms with van der Waals surface area (Å²) in [4.78, 5) is 11.5. The molecule has 0 aromatic heterocycles. The maximum Gasteiger partial charge on any atom is 0.269 e. The zero-order valence-corrected chi connectivity index (χ0v) is 17.1. The average Bonchev–Trinajstić information content (AvgIpc) is 2.74. The number of nitrogens with zero attached hydrogens (tertiary/aromatic N) is 2. The lowest BCUT2D eigenvalue weighted by Crippen LogP contribution is -3.13. The molecule has 3 rings (SSSR count). The van der Waals surface area contributed by atoms with E-state index in [2.05, 4.69) is 0 Å². The molecule has 10 heteroatoms. The van der Waals surface area contributed by atoms with Crippen molar-refractivity contribution in [3.05, 3.63) is 58.1 Å². The number of quaternary nitrogens is 1. The van der Waals surface area contributed by atoms with Gasteiger partial charge in [-0.25, -0.2) is 8.42 Å². The number of hydrogen-bond donors (Lipinski definition) is 1. The van der Waals surface area contributed by atoms with Crippen LogP contribution in [0.5, 0.6) is 11.5 Å². The zero-order valence-electron chi connectivity index (χ0n) is 16.3. The molecule has 0 amide bonds. The molecule has 0 bridgehead atoms. The highest BCUT2D eigenvalue weighted by molar-refractivity contribution is 7.89. The number of para-hydroxylation sites is 1. The van der Waals surface area contributed by atoms with E-state index < -0.39 is 14.9 Å². The van der Waals surface area contributed by atoms with E-state index in [-0.39, 0.29) is 10.6 Å². The summed E-state index contributed by atoms with van der Waals surface area (Å²) in [6.45, 7) is 2.74. The maximum absolute atomic E-state index is 12.8. The Kier molecular flexibility index (Phi) is 6.36. The standard InChI is InChI=1S/C19H23N3O6S/c1-27-18-5-3-4-15(19(18)28-2)14-20-10-12-21(13-11-20)29(25,26)17-8-6-16(7-9-17)22(23)24/h3-9H,10-14H2,1-2H3/p+1. The first-order chi connectivity index (χ1) is 13.9. The predicted molar refractivity (Wildman–Crippen MR) is 106 cm³/mol. The molecule has 9 nitrogen and oxygen atoms in total. The van der Waals surface area contributed by atoms with E-state index >= 15 is 0 Å². The van der Waals surface area contributed by atoms with Gasteiger partial charge in [-0.15, -0.1) is 0 Å². The highest BCUT2D eigenvalue weighted by Gasteiger charge is 2.31. The molecule has 2 aromatic rings. The van der Waals surface area contributed by atoms with E-state index in [1.54, 1.807) is 14.2 Å². The van der Waals surface area contributed by atoms with Crippen LogP contribution in [0.1, 0.15) is 5.56 Å². The van der Waals surface area contributed by atoms with E-state index in [9.17, 15) is 18.5 Å². The van der Waals surface area contributed by atoms with Gasteiger partial charge in [0.15, 0.2) is 11.5 Å².